The van der Waals surface area contributed by atoms with Crippen molar-refractivity contribution in [3.05, 3.63) is 52.6 Å². The molecule has 1 aromatic carbocycles. The highest BCUT2D eigenvalue weighted by atomic mass is 32.1. The molecular weight excluding hydrogens is 228 g/mol. The average Bonchev–Trinajstić information content (AvgIpc) is 2.71. The minimum atomic E-state index is 0.764. The number of nitrogens with one attached hydrogen (secondary N) is 1. The van der Waals surface area contributed by atoms with E-state index in [0.29, 0.717) is 0 Å². The fourth-order valence-electron chi connectivity index (χ4n) is 1.03. The van der Waals surface area contributed by atoms with Gasteiger partial charge in [-0.05, 0) is 26.1 Å². The van der Waals surface area contributed by atoms with E-state index in [1.165, 1.54) is 11.1 Å². The molecule has 0 atom stereocenters. The van der Waals surface area contributed by atoms with Crippen molar-refractivity contribution in [3.8, 4) is 0 Å². The minimum Gasteiger partial charge on any atom is -0.337 e. The topological polar surface area (TPSA) is 20.7 Å². The van der Waals surface area contributed by atoms with Crippen LogP contribution in [0.1, 0.15) is 25.0 Å². The maximum Gasteiger partial charge on any atom is 0.176 e. The largest absolute Gasteiger partial charge is 0.337 e. The lowest BCUT2D eigenvalue weighted by Crippen LogP contribution is -1.81. The molecule has 1 heterocycles. The Hall–Kier alpha value is -1.35. The normalized spacial score (nSPS) is 8.53. The number of aromatic nitrogens is 2. The lowest BCUT2D eigenvalue weighted by molar-refractivity contribution is 0.894. The highest BCUT2D eigenvalue weighted by Crippen LogP contribution is 1.99. The summed E-state index contributed by atoms with van der Waals surface area (Å²) in [5.41, 5.74) is 2.66. The van der Waals surface area contributed by atoms with Crippen LogP contribution in [0.2, 0.25) is 0 Å². The molecule has 0 bridgehead atoms. The molecule has 0 amide bonds. The highest BCUT2D eigenvalue weighted by molar-refractivity contribution is 7.71. The van der Waals surface area contributed by atoms with Crippen molar-refractivity contribution in [1.29, 1.82) is 0 Å². The molecule has 0 saturated heterocycles. The van der Waals surface area contributed by atoms with Gasteiger partial charge in [0, 0.05) is 19.4 Å². The summed E-state index contributed by atoms with van der Waals surface area (Å²) in [7, 11) is 1.90. The van der Waals surface area contributed by atoms with E-state index in [1.807, 2.05) is 37.9 Å². The second-order valence-corrected chi connectivity index (χ2v) is 3.92. The number of rotatable bonds is 0. The van der Waals surface area contributed by atoms with Gasteiger partial charge in [0.1, 0.15) is 0 Å². The van der Waals surface area contributed by atoms with Gasteiger partial charge in [-0.2, -0.15) is 0 Å². The van der Waals surface area contributed by atoms with Gasteiger partial charge in [-0.15, -0.1) is 0 Å². The Morgan fingerprint density at radius 1 is 1.00 bits per heavy atom. The van der Waals surface area contributed by atoms with Crippen LogP contribution in [0.3, 0.4) is 0 Å². The van der Waals surface area contributed by atoms with E-state index in [1.54, 1.807) is 0 Å². The molecule has 2 nitrogen and oxygen atoms in total. The summed E-state index contributed by atoms with van der Waals surface area (Å²) in [6.07, 6.45) is 3.69. The predicted molar refractivity (Wildman–Crippen MR) is 77.9 cm³/mol. The number of H-pyrrole nitrogens is 1. The third-order valence-corrected chi connectivity index (χ3v) is 2.45. The van der Waals surface area contributed by atoms with Gasteiger partial charge >= 0.3 is 0 Å². The van der Waals surface area contributed by atoms with Crippen molar-refractivity contribution in [2.75, 3.05) is 0 Å². The van der Waals surface area contributed by atoms with Crippen molar-refractivity contribution < 1.29 is 0 Å². The Morgan fingerprint density at radius 3 is 1.59 bits per heavy atom. The SMILES string of the molecule is CC.Cc1ccc(C)cc1.Cn1cc[nH]c1=S. The maximum atomic E-state index is 4.79. The summed E-state index contributed by atoms with van der Waals surface area (Å²) in [5.74, 6) is 0. The van der Waals surface area contributed by atoms with Gasteiger partial charge in [-0.1, -0.05) is 49.2 Å². The Kier molecular flexibility index (Phi) is 8.07. The predicted octanol–water partition coefficient (Wildman–Crippen LogP) is 4.41. The van der Waals surface area contributed by atoms with Gasteiger partial charge in [-0.3, -0.25) is 0 Å². The smallest absolute Gasteiger partial charge is 0.176 e. The van der Waals surface area contributed by atoms with Crippen LogP contribution < -0.4 is 0 Å². The summed E-state index contributed by atoms with van der Waals surface area (Å²) < 4.78 is 2.61. The van der Waals surface area contributed by atoms with Crippen LogP contribution >= 0.6 is 12.2 Å². The number of aromatic amines is 1. The van der Waals surface area contributed by atoms with Gasteiger partial charge in [0.05, 0.1) is 0 Å². The molecule has 0 aliphatic carbocycles. The van der Waals surface area contributed by atoms with E-state index < -0.39 is 0 Å². The van der Waals surface area contributed by atoms with Crippen LogP contribution in [0, 0.1) is 18.6 Å². The summed E-state index contributed by atoms with van der Waals surface area (Å²) in [6.45, 7) is 8.19. The number of aryl methyl sites for hydroxylation is 3. The van der Waals surface area contributed by atoms with Crippen LogP contribution in [0.4, 0.5) is 0 Å². The first-order valence-corrected chi connectivity index (χ1v) is 6.23. The van der Waals surface area contributed by atoms with Gasteiger partial charge < -0.3 is 9.55 Å². The van der Waals surface area contributed by atoms with E-state index in [2.05, 4.69) is 43.1 Å². The van der Waals surface area contributed by atoms with E-state index in [9.17, 15) is 0 Å². The van der Waals surface area contributed by atoms with Crippen molar-refractivity contribution in [3.63, 3.8) is 0 Å². The van der Waals surface area contributed by atoms with Crippen molar-refractivity contribution >= 4 is 12.2 Å². The van der Waals surface area contributed by atoms with E-state index in [-0.39, 0.29) is 0 Å². The number of imidazole rings is 1. The van der Waals surface area contributed by atoms with E-state index in [4.69, 9.17) is 12.2 Å². The zero-order valence-electron chi connectivity index (χ0n) is 11.3. The molecule has 3 heteroatoms. The maximum absolute atomic E-state index is 4.79. The first-order valence-electron chi connectivity index (χ1n) is 5.83. The molecule has 17 heavy (non-hydrogen) atoms. The standard InChI is InChI=1S/C8H10.C4H6N2S.C2H6/c1-7-3-5-8(2)6-4-7;1-6-3-2-5-4(6)7;1-2/h3-6H,1-2H3;2-3H,1H3,(H,5,7);1-2H3. The third-order valence-electron chi connectivity index (χ3n) is 2.04. The van der Waals surface area contributed by atoms with Crippen LogP contribution in [0.25, 0.3) is 0 Å². The van der Waals surface area contributed by atoms with Crippen molar-refractivity contribution in [2.45, 2.75) is 27.7 Å². The Morgan fingerprint density at radius 2 is 1.41 bits per heavy atom. The van der Waals surface area contributed by atoms with Gasteiger partial charge in [-0.25, -0.2) is 0 Å². The molecule has 0 fully saturated rings. The second kappa shape index (κ2) is 8.76. The zero-order chi connectivity index (χ0) is 13.3. The fraction of sp³-hybridized carbons (Fsp3) is 0.357. The summed E-state index contributed by atoms with van der Waals surface area (Å²) in [5, 5.41) is 0. The van der Waals surface area contributed by atoms with Crippen LogP contribution in [0.5, 0.6) is 0 Å². The number of hydrogen-bond donors (Lipinski definition) is 1. The first-order chi connectivity index (χ1) is 8.09. The molecule has 0 radical (unpaired) electrons. The van der Waals surface area contributed by atoms with Gasteiger partial charge in [0.2, 0.25) is 0 Å². The average molecular weight is 250 g/mol. The molecule has 1 aromatic heterocycles. The molecule has 94 valence electrons. The van der Waals surface area contributed by atoms with E-state index >= 15 is 0 Å². The molecule has 1 N–H and O–H groups in total. The van der Waals surface area contributed by atoms with Gasteiger partial charge in [0.15, 0.2) is 4.77 Å². The summed E-state index contributed by atoms with van der Waals surface area (Å²) in [6, 6.07) is 8.48. The molecule has 0 unspecified atom stereocenters. The van der Waals surface area contributed by atoms with Crippen LogP contribution in [-0.4, -0.2) is 9.55 Å². The summed E-state index contributed by atoms with van der Waals surface area (Å²) >= 11 is 4.79. The minimum absolute atomic E-state index is 0.764. The van der Waals surface area contributed by atoms with E-state index in [0.717, 1.165) is 4.77 Å². The van der Waals surface area contributed by atoms with Gasteiger partial charge in [0.25, 0.3) is 0 Å². The monoisotopic (exact) mass is 250 g/mol. The van der Waals surface area contributed by atoms with Crippen molar-refractivity contribution in [2.24, 2.45) is 7.05 Å². The number of benzene rings is 1. The fourth-order valence-corrected chi connectivity index (χ4v) is 1.16. The lowest BCUT2D eigenvalue weighted by atomic mass is 10.2. The van der Waals surface area contributed by atoms with Crippen molar-refractivity contribution in [1.82, 2.24) is 9.55 Å². The molecule has 2 rings (SSSR count). The second-order valence-electron chi connectivity index (χ2n) is 3.53. The molecular formula is C14H22N2S. The Balaban J connectivity index is 0.000000265. The Labute approximate surface area is 109 Å². The highest BCUT2D eigenvalue weighted by Gasteiger charge is 1.79. The molecule has 2 aromatic rings. The zero-order valence-corrected chi connectivity index (χ0v) is 12.1. The molecule has 0 spiro atoms. The van der Waals surface area contributed by atoms with Crippen LogP contribution in [-0.2, 0) is 7.05 Å². The molecule has 0 aliphatic rings. The summed E-state index contributed by atoms with van der Waals surface area (Å²) in [4.78, 5) is 2.85. The first kappa shape index (κ1) is 15.7. The molecule has 0 saturated carbocycles. The quantitative estimate of drug-likeness (QED) is 0.687. The Bertz CT molecular complexity index is 431. The third kappa shape index (κ3) is 6.74. The molecule has 0 aliphatic heterocycles. The number of hydrogen-bond acceptors (Lipinski definition) is 1. The number of nitrogens with zero attached hydrogens (tertiary/aromatic N) is 1. The lowest BCUT2D eigenvalue weighted by Gasteiger charge is -1.90. The van der Waals surface area contributed by atoms with Crippen LogP contribution in [0.15, 0.2) is 36.7 Å².